The average molecular weight is 271 g/mol. The molecule has 0 unspecified atom stereocenters. The van der Waals surface area contributed by atoms with Crippen LogP contribution in [0.15, 0.2) is 18.2 Å². The van der Waals surface area contributed by atoms with Crippen molar-refractivity contribution in [3.05, 3.63) is 28.8 Å². The third-order valence-electron chi connectivity index (χ3n) is 2.77. The first-order valence-electron chi connectivity index (χ1n) is 6.16. The van der Waals surface area contributed by atoms with Crippen LogP contribution in [0.5, 0.6) is 5.75 Å². The van der Waals surface area contributed by atoms with Gasteiger partial charge in [-0.05, 0) is 43.0 Å². The number of halogens is 1. The van der Waals surface area contributed by atoms with Crippen LogP contribution in [0.3, 0.4) is 0 Å². The van der Waals surface area contributed by atoms with Gasteiger partial charge in [0.1, 0.15) is 5.75 Å². The van der Waals surface area contributed by atoms with Crippen molar-refractivity contribution in [3.63, 3.8) is 0 Å². The molecule has 0 heterocycles. The summed E-state index contributed by atoms with van der Waals surface area (Å²) in [6.07, 6.45) is 0.982. The maximum Gasteiger partial charge on any atom is 0.344 e. The first-order valence-corrected chi connectivity index (χ1v) is 6.54. The van der Waals surface area contributed by atoms with E-state index in [2.05, 4.69) is 13.8 Å². The zero-order chi connectivity index (χ0) is 13.5. The summed E-state index contributed by atoms with van der Waals surface area (Å²) in [5.41, 5.74) is 1.02. The number of hydrogen-bond acceptors (Lipinski definition) is 3. The summed E-state index contributed by atoms with van der Waals surface area (Å²) < 4.78 is 10.3. The number of rotatable bonds is 6. The van der Waals surface area contributed by atoms with E-state index in [-0.39, 0.29) is 12.6 Å². The van der Waals surface area contributed by atoms with Crippen molar-refractivity contribution < 1.29 is 14.3 Å². The Bertz CT molecular complexity index is 404. The topological polar surface area (TPSA) is 35.5 Å². The summed E-state index contributed by atoms with van der Waals surface area (Å²) >= 11 is 5.98. The molecule has 3 nitrogen and oxygen atoms in total. The number of esters is 1. The molecule has 0 N–H and O–H groups in total. The van der Waals surface area contributed by atoms with E-state index in [4.69, 9.17) is 21.1 Å². The Hall–Kier alpha value is -1.22. The molecule has 0 saturated carbocycles. The molecule has 100 valence electrons. The van der Waals surface area contributed by atoms with Crippen LogP contribution in [0.1, 0.15) is 38.7 Å². The molecular formula is C14H19ClO3. The van der Waals surface area contributed by atoms with Crippen molar-refractivity contribution in [3.8, 4) is 5.75 Å². The Morgan fingerprint density at radius 3 is 2.72 bits per heavy atom. The lowest BCUT2D eigenvalue weighted by Gasteiger charge is -2.15. The van der Waals surface area contributed by atoms with E-state index >= 15 is 0 Å². The SMILES string of the molecule is CCOC(=O)COc1ccc(Cl)cc1[C@@H](C)CC. The van der Waals surface area contributed by atoms with Crippen LogP contribution in [-0.4, -0.2) is 19.2 Å². The highest BCUT2D eigenvalue weighted by molar-refractivity contribution is 6.30. The number of hydrogen-bond donors (Lipinski definition) is 0. The van der Waals surface area contributed by atoms with Crippen LogP contribution in [0.2, 0.25) is 5.02 Å². The summed E-state index contributed by atoms with van der Waals surface area (Å²) in [6.45, 7) is 6.26. The van der Waals surface area contributed by atoms with Gasteiger partial charge >= 0.3 is 5.97 Å². The highest BCUT2D eigenvalue weighted by Crippen LogP contribution is 2.31. The average Bonchev–Trinajstić information content (AvgIpc) is 2.36. The van der Waals surface area contributed by atoms with Gasteiger partial charge in [-0.15, -0.1) is 0 Å². The van der Waals surface area contributed by atoms with Gasteiger partial charge in [0.2, 0.25) is 0 Å². The summed E-state index contributed by atoms with van der Waals surface area (Å²) in [4.78, 5) is 11.3. The van der Waals surface area contributed by atoms with Crippen LogP contribution in [0.25, 0.3) is 0 Å². The van der Waals surface area contributed by atoms with E-state index in [1.165, 1.54) is 0 Å². The smallest absolute Gasteiger partial charge is 0.344 e. The minimum atomic E-state index is -0.359. The maximum absolute atomic E-state index is 11.3. The van der Waals surface area contributed by atoms with Crippen molar-refractivity contribution in [2.45, 2.75) is 33.1 Å². The van der Waals surface area contributed by atoms with Crippen molar-refractivity contribution in [2.24, 2.45) is 0 Å². The van der Waals surface area contributed by atoms with E-state index in [1.807, 2.05) is 6.07 Å². The van der Waals surface area contributed by atoms with Gasteiger partial charge in [0.05, 0.1) is 6.61 Å². The van der Waals surface area contributed by atoms with Crippen LogP contribution in [0, 0.1) is 0 Å². The molecule has 0 bridgehead atoms. The lowest BCUT2D eigenvalue weighted by molar-refractivity contribution is -0.145. The van der Waals surface area contributed by atoms with E-state index < -0.39 is 0 Å². The largest absolute Gasteiger partial charge is 0.482 e. The van der Waals surface area contributed by atoms with Crippen molar-refractivity contribution in [1.29, 1.82) is 0 Å². The third-order valence-corrected chi connectivity index (χ3v) is 3.00. The fourth-order valence-corrected chi connectivity index (χ4v) is 1.78. The normalized spacial score (nSPS) is 12.0. The summed E-state index contributed by atoms with van der Waals surface area (Å²) in [5, 5.41) is 0.675. The second-order valence-corrected chi connectivity index (χ2v) is 4.52. The van der Waals surface area contributed by atoms with Gasteiger partial charge in [-0.3, -0.25) is 0 Å². The second kappa shape index (κ2) is 7.27. The summed E-state index contributed by atoms with van der Waals surface area (Å²) in [7, 11) is 0. The number of benzene rings is 1. The predicted octanol–water partition coefficient (Wildman–Crippen LogP) is 3.80. The highest BCUT2D eigenvalue weighted by atomic mass is 35.5. The number of carbonyl (C=O) groups is 1. The van der Waals surface area contributed by atoms with Crippen LogP contribution in [0.4, 0.5) is 0 Å². The first-order chi connectivity index (χ1) is 8.58. The maximum atomic E-state index is 11.3. The molecule has 0 radical (unpaired) electrons. The minimum Gasteiger partial charge on any atom is -0.482 e. The van der Waals surface area contributed by atoms with E-state index in [9.17, 15) is 4.79 Å². The zero-order valence-corrected chi connectivity index (χ0v) is 11.8. The molecule has 0 saturated heterocycles. The molecule has 0 amide bonds. The molecule has 1 rings (SSSR count). The van der Waals surface area contributed by atoms with Gasteiger partial charge in [0.25, 0.3) is 0 Å². The lowest BCUT2D eigenvalue weighted by atomic mass is 9.98. The Morgan fingerprint density at radius 2 is 2.11 bits per heavy atom. The number of ether oxygens (including phenoxy) is 2. The quantitative estimate of drug-likeness (QED) is 0.738. The Balaban J connectivity index is 2.78. The van der Waals surface area contributed by atoms with E-state index in [1.54, 1.807) is 19.1 Å². The monoisotopic (exact) mass is 270 g/mol. The Kier molecular flexibility index (Phi) is 5.99. The van der Waals surface area contributed by atoms with Crippen molar-refractivity contribution >= 4 is 17.6 Å². The molecule has 4 heteroatoms. The molecule has 0 aliphatic carbocycles. The molecule has 1 atom stereocenters. The molecule has 0 aliphatic heterocycles. The second-order valence-electron chi connectivity index (χ2n) is 4.09. The summed E-state index contributed by atoms with van der Waals surface area (Å²) in [6, 6.07) is 5.44. The van der Waals surface area contributed by atoms with Crippen LogP contribution in [-0.2, 0) is 9.53 Å². The molecular weight excluding hydrogens is 252 g/mol. The molecule has 18 heavy (non-hydrogen) atoms. The van der Waals surface area contributed by atoms with Crippen molar-refractivity contribution in [2.75, 3.05) is 13.2 Å². The third kappa shape index (κ3) is 4.22. The van der Waals surface area contributed by atoms with Gasteiger partial charge in [-0.2, -0.15) is 0 Å². The van der Waals surface area contributed by atoms with Crippen LogP contribution < -0.4 is 4.74 Å². The van der Waals surface area contributed by atoms with Gasteiger partial charge < -0.3 is 9.47 Å². The minimum absolute atomic E-state index is 0.0705. The molecule has 0 spiro atoms. The van der Waals surface area contributed by atoms with Gasteiger partial charge in [0.15, 0.2) is 6.61 Å². The molecule has 1 aromatic rings. The molecule has 0 fully saturated rings. The van der Waals surface area contributed by atoms with Gasteiger partial charge in [-0.25, -0.2) is 4.79 Å². The van der Waals surface area contributed by atoms with Crippen LogP contribution >= 0.6 is 11.6 Å². The highest BCUT2D eigenvalue weighted by Gasteiger charge is 2.12. The lowest BCUT2D eigenvalue weighted by Crippen LogP contribution is -2.15. The Morgan fingerprint density at radius 1 is 1.39 bits per heavy atom. The number of carbonyl (C=O) groups excluding carboxylic acids is 1. The van der Waals surface area contributed by atoms with Gasteiger partial charge in [0, 0.05) is 5.02 Å². The first kappa shape index (κ1) is 14.8. The standard InChI is InChI=1S/C14H19ClO3/c1-4-10(3)12-8-11(15)6-7-13(12)18-9-14(16)17-5-2/h6-8,10H,4-5,9H2,1-3H3/t10-/m0/s1. The predicted molar refractivity (Wildman–Crippen MR) is 72.3 cm³/mol. The fourth-order valence-electron chi connectivity index (χ4n) is 1.60. The Labute approximate surface area is 113 Å². The molecule has 1 aromatic carbocycles. The molecule has 0 aliphatic rings. The summed E-state index contributed by atoms with van der Waals surface area (Å²) in [5.74, 6) is 0.672. The zero-order valence-electron chi connectivity index (χ0n) is 11.0. The van der Waals surface area contributed by atoms with Crippen molar-refractivity contribution in [1.82, 2.24) is 0 Å². The molecule has 0 aromatic heterocycles. The van der Waals surface area contributed by atoms with Gasteiger partial charge in [-0.1, -0.05) is 25.4 Å². The fraction of sp³-hybridized carbons (Fsp3) is 0.500. The van der Waals surface area contributed by atoms with E-state index in [0.717, 1.165) is 12.0 Å². The van der Waals surface area contributed by atoms with E-state index in [0.29, 0.717) is 23.3 Å².